The quantitative estimate of drug-likeness (QED) is 0.580. The molecule has 0 saturated carbocycles. The zero-order chi connectivity index (χ0) is 24.3. The van der Waals surface area contributed by atoms with E-state index < -0.39 is 11.7 Å². The maximum atomic E-state index is 13.4. The molecule has 1 aliphatic rings. The van der Waals surface area contributed by atoms with Crippen LogP contribution in [-0.4, -0.2) is 41.8 Å². The van der Waals surface area contributed by atoms with Crippen LogP contribution in [0.2, 0.25) is 0 Å². The Balaban J connectivity index is 1.70. The Morgan fingerprint density at radius 2 is 1.79 bits per heavy atom. The maximum Gasteiger partial charge on any atom is 0.416 e. The van der Waals surface area contributed by atoms with E-state index in [4.69, 9.17) is 4.74 Å². The molecular weight excluding hydrogens is 445 g/mol. The van der Waals surface area contributed by atoms with Crippen molar-refractivity contribution >= 4 is 11.6 Å². The van der Waals surface area contributed by atoms with Crippen LogP contribution in [0.5, 0.6) is 0 Å². The molecule has 1 aliphatic heterocycles. The van der Waals surface area contributed by atoms with E-state index in [1.165, 1.54) is 6.07 Å². The van der Waals surface area contributed by atoms with E-state index in [1.54, 1.807) is 18.5 Å². The molecule has 0 spiro atoms. The van der Waals surface area contributed by atoms with Gasteiger partial charge in [0.1, 0.15) is 5.69 Å². The van der Waals surface area contributed by atoms with Crippen LogP contribution >= 0.6 is 0 Å². The second-order valence-electron chi connectivity index (χ2n) is 8.33. The number of carbonyl (C=O) groups excluding carboxylic acids is 1. The molecule has 1 N–H and O–H groups in total. The highest BCUT2D eigenvalue weighted by molar-refractivity contribution is 5.96. The number of hydrogen-bond acceptors (Lipinski definition) is 4. The number of ether oxygens (including phenoxy) is 1. The Kier molecular flexibility index (Phi) is 6.92. The lowest BCUT2D eigenvalue weighted by Crippen LogP contribution is -2.36. The number of benzene rings is 1. The molecule has 0 bridgehead atoms. The van der Waals surface area contributed by atoms with Gasteiger partial charge in [0.15, 0.2) is 0 Å². The van der Waals surface area contributed by atoms with E-state index in [2.05, 4.69) is 15.2 Å². The van der Waals surface area contributed by atoms with Crippen LogP contribution in [0, 0.1) is 13.8 Å². The topological polar surface area (TPSA) is 59.4 Å². The lowest BCUT2D eigenvalue weighted by atomic mass is 10.1. The van der Waals surface area contributed by atoms with Crippen LogP contribution in [0.1, 0.15) is 38.4 Å². The number of carbonyl (C=O) groups is 1. The van der Waals surface area contributed by atoms with Crippen molar-refractivity contribution < 1.29 is 22.7 Å². The average Bonchev–Trinajstić information content (AvgIpc) is 3.07. The average molecular weight is 473 g/mol. The SMILES string of the molecule is Cc1c(N2CCOCC2)c(C)n(Cc2cccc(C(F)(F)F)c2)c1C(=O)NCc1ccncc1. The molecule has 1 saturated heterocycles. The first kappa shape index (κ1) is 23.8. The van der Waals surface area contributed by atoms with Gasteiger partial charge in [-0.2, -0.15) is 13.2 Å². The second kappa shape index (κ2) is 9.89. The van der Waals surface area contributed by atoms with Crippen LogP contribution < -0.4 is 10.2 Å². The summed E-state index contributed by atoms with van der Waals surface area (Å²) in [6.07, 6.45) is -1.12. The minimum atomic E-state index is -4.43. The summed E-state index contributed by atoms with van der Waals surface area (Å²) in [5.41, 5.74) is 3.70. The molecule has 0 unspecified atom stereocenters. The Morgan fingerprint density at radius 3 is 2.47 bits per heavy atom. The van der Waals surface area contributed by atoms with Gasteiger partial charge in [-0.25, -0.2) is 0 Å². The number of halogens is 3. The van der Waals surface area contributed by atoms with Gasteiger partial charge in [0, 0.05) is 49.8 Å². The van der Waals surface area contributed by atoms with Crippen molar-refractivity contribution in [3.63, 3.8) is 0 Å². The van der Waals surface area contributed by atoms with Crippen LogP contribution in [0.4, 0.5) is 18.9 Å². The van der Waals surface area contributed by atoms with Gasteiger partial charge >= 0.3 is 6.18 Å². The summed E-state index contributed by atoms with van der Waals surface area (Å²) < 4.78 is 47.1. The molecule has 9 heteroatoms. The van der Waals surface area contributed by atoms with Crippen molar-refractivity contribution in [3.8, 4) is 0 Å². The van der Waals surface area contributed by atoms with Crippen molar-refractivity contribution in [3.05, 3.63) is 82.4 Å². The number of aromatic nitrogens is 2. The Labute approximate surface area is 196 Å². The fourth-order valence-electron chi connectivity index (χ4n) is 4.42. The van der Waals surface area contributed by atoms with Gasteiger partial charge in [0.05, 0.1) is 24.5 Å². The molecule has 1 aromatic carbocycles. The Bertz CT molecular complexity index is 1150. The first-order chi connectivity index (χ1) is 16.3. The van der Waals surface area contributed by atoms with E-state index in [9.17, 15) is 18.0 Å². The number of rotatable bonds is 6. The molecule has 3 aromatic rings. The molecule has 0 atom stereocenters. The molecule has 0 radical (unpaired) electrons. The van der Waals surface area contributed by atoms with Crippen LogP contribution in [-0.2, 0) is 24.0 Å². The zero-order valence-corrected chi connectivity index (χ0v) is 19.2. The molecular formula is C25H27F3N4O2. The van der Waals surface area contributed by atoms with Crippen molar-refractivity contribution in [2.24, 2.45) is 0 Å². The molecule has 2 aromatic heterocycles. The van der Waals surface area contributed by atoms with Gasteiger partial charge in [-0.1, -0.05) is 12.1 Å². The third-order valence-electron chi connectivity index (χ3n) is 6.07. The third kappa shape index (κ3) is 5.09. The maximum absolute atomic E-state index is 13.4. The summed E-state index contributed by atoms with van der Waals surface area (Å²) in [4.78, 5) is 19.5. The molecule has 1 fully saturated rings. The summed E-state index contributed by atoms with van der Waals surface area (Å²) in [7, 11) is 0. The van der Waals surface area contributed by atoms with E-state index in [0.717, 1.165) is 34.6 Å². The molecule has 34 heavy (non-hydrogen) atoms. The van der Waals surface area contributed by atoms with E-state index in [0.29, 0.717) is 44.1 Å². The first-order valence-corrected chi connectivity index (χ1v) is 11.1. The number of morpholine rings is 1. The lowest BCUT2D eigenvalue weighted by molar-refractivity contribution is -0.137. The highest BCUT2D eigenvalue weighted by Crippen LogP contribution is 2.33. The molecule has 4 rings (SSSR count). The predicted octanol–water partition coefficient (Wildman–Crippen LogP) is 4.33. The van der Waals surface area contributed by atoms with Crippen LogP contribution in [0.25, 0.3) is 0 Å². The number of amides is 1. The normalized spacial score (nSPS) is 14.3. The minimum Gasteiger partial charge on any atom is -0.378 e. The summed E-state index contributed by atoms with van der Waals surface area (Å²) in [5.74, 6) is -0.274. The fraction of sp³-hybridized carbons (Fsp3) is 0.360. The number of pyridine rings is 1. The fourth-order valence-corrected chi connectivity index (χ4v) is 4.42. The van der Waals surface area contributed by atoms with Crippen LogP contribution in [0.15, 0.2) is 48.8 Å². The monoisotopic (exact) mass is 472 g/mol. The summed E-state index contributed by atoms with van der Waals surface area (Å²) in [6, 6.07) is 8.88. The summed E-state index contributed by atoms with van der Waals surface area (Å²) in [6.45, 7) is 6.82. The molecule has 3 heterocycles. The van der Waals surface area contributed by atoms with Crippen molar-refractivity contribution in [2.75, 3.05) is 31.2 Å². The van der Waals surface area contributed by atoms with Gasteiger partial charge in [0.2, 0.25) is 0 Å². The standard InChI is InChI=1S/C25H27F3N4O2/c1-17-22(31-10-12-34-13-11-31)18(2)32(16-20-4-3-5-21(14-20)25(26,27)28)23(17)24(33)30-15-19-6-8-29-9-7-19/h3-9,14H,10-13,15-16H2,1-2H3,(H,30,33). The third-order valence-corrected chi connectivity index (χ3v) is 6.07. The first-order valence-electron chi connectivity index (χ1n) is 11.1. The molecule has 1 amide bonds. The van der Waals surface area contributed by atoms with Crippen molar-refractivity contribution in [1.29, 1.82) is 0 Å². The number of anilines is 1. The number of alkyl halides is 3. The molecule has 0 aliphatic carbocycles. The molecule has 6 nitrogen and oxygen atoms in total. The van der Waals surface area contributed by atoms with Gasteiger partial charge in [-0.3, -0.25) is 9.78 Å². The van der Waals surface area contributed by atoms with Gasteiger partial charge < -0.3 is 19.5 Å². The smallest absolute Gasteiger partial charge is 0.378 e. The second-order valence-corrected chi connectivity index (χ2v) is 8.33. The lowest BCUT2D eigenvalue weighted by Gasteiger charge is -2.29. The number of nitrogens with zero attached hydrogens (tertiary/aromatic N) is 3. The highest BCUT2D eigenvalue weighted by atomic mass is 19.4. The molecule has 180 valence electrons. The van der Waals surface area contributed by atoms with Gasteiger partial charge in [0.25, 0.3) is 5.91 Å². The minimum absolute atomic E-state index is 0.152. The highest BCUT2D eigenvalue weighted by Gasteiger charge is 2.31. The van der Waals surface area contributed by atoms with Gasteiger partial charge in [-0.05, 0) is 49.2 Å². The Hall–Kier alpha value is -3.33. The van der Waals surface area contributed by atoms with E-state index >= 15 is 0 Å². The van der Waals surface area contributed by atoms with Crippen LogP contribution in [0.3, 0.4) is 0 Å². The summed E-state index contributed by atoms with van der Waals surface area (Å²) in [5, 5.41) is 2.95. The predicted molar refractivity (Wildman–Crippen MR) is 123 cm³/mol. The van der Waals surface area contributed by atoms with Gasteiger partial charge in [-0.15, -0.1) is 0 Å². The zero-order valence-electron chi connectivity index (χ0n) is 19.2. The summed E-state index contributed by atoms with van der Waals surface area (Å²) >= 11 is 0. The number of nitrogens with one attached hydrogen (secondary N) is 1. The largest absolute Gasteiger partial charge is 0.416 e. The number of hydrogen-bond donors (Lipinski definition) is 1. The Morgan fingerprint density at radius 1 is 1.09 bits per heavy atom. The van der Waals surface area contributed by atoms with Crippen molar-refractivity contribution in [1.82, 2.24) is 14.9 Å². The van der Waals surface area contributed by atoms with Crippen molar-refractivity contribution in [2.45, 2.75) is 33.1 Å². The van der Waals surface area contributed by atoms with E-state index in [-0.39, 0.29) is 12.5 Å². The van der Waals surface area contributed by atoms with E-state index in [1.807, 2.05) is 30.5 Å².